The number of ketones is 3. The highest BCUT2D eigenvalue weighted by Crippen LogP contribution is 2.40. The molecule has 0 spiro atoms. The van der Waals surface area contributed by atoms with Crippen LogP contribution in [0.5, 0.6) is 0 Å². The van der Waals surface area contributed by atoms with Gasteiger partial charge in [0.05, 0.1) is 24.7 Å². The van der Waals surface area contributed by atoms with E-state index in [4.69, 9.17) is 10.3 Å². The molecular weight excluding hydrogens is 886 g/mol. The van der Waals surface area contributed by atoms with Crippen molar-refractivity contribution in [3.8, 4) is 0 Å². The number of nitrogens with zero attached hydrogens (tertiary/aromatic N) is 1. The maximum atomic E-state index is 14.4. The third-order valence-corrected chi connectivity index (χ3v) is 13.5. The molecule has 2 fully saturated rings. The number of phosphoric ester groups is 1. The van der Waals surface area contributed by atoms with Crippen LogP contribution < -0.4 is 21.7 Å². The quantitative estimate of drug-likeness (QED) is 0.0675. The molecule has 5 amide bonds. The minimum Gasteiger partial charge on any atom is -0.394 e. The standard InChI is InChI=1S/C48H76N5O13P/c1-31(2)26-39(51-48(62)41-23-17-25-53(41)33(4)55)43(57)28-36-27-35(21-14-8-6-5-7-11-18-34-19-12-9-13-20-34)42(56)24-16-10-15-22-38(45(49)59)50-47(61)37(32(3)66-67(63,64)65)29-44(58)40(30-54)52-46(36)60/h9,12-13,19-20,31-32,35-41,54H,5-8,10-11,14-18,21-30H2,1-4H3,(H2,49,59)(H,50,61)(H,51,62)(H,52,60)(H2,63,64,65)/t32-,35+,36-,37+,38?,39+,40+,41+/m1/s1. The van der Waals surface area contributed by atoms with Crippen molar-refractivity contribution in [2.75, 3.05) is 13.2 Å². The fourth-order valence-electron chi connectivity index (χ4n) is 9.15. The molecule has 19 heteroatoms. The number of hydrogen-bond acceptors (Lipinski definition) is 11. The molecule has 0 radical (unpaired) electrons. The molecule has 8 N–H and O–H groups in total. The van der Waals surface area contributed by atoms with Crippen LogP contribution in [0.4, 0.5) is 0 Å². The fourth-order valence-corrected chi connectivity index (χ4v) is 9.73. The number of nitrogens with one attached hydrogen (secondary N) is 3. The SMILES string of the molecule is CC(=O)N1CCC[C@H]1C(=O)N[C@@H](CC(C)C)C(=O)C[C@H]1C[C@H](CCCCCCCCc2ccccc2)C(=O)CCCCCC(C(N)=O)NC(=O)[C@H]([C@@H](C)OP(=O)(O)O)CC(=O)[C@H](CO)NC1=O. The van der Waals surface area contributed by atoms with Crippen LogP contribution in [0.15, 0.2) is 30.3 Å². The van der Waals surface area contributed by atoms with Crippen LogP contribution in [0.3, 0.4) is 0 Å². The summed E-state index contributed by atoms with van der Waals surface area (Å²) >= 11 is 0. The van der Waals surface area contributed by atoms with Crippen molar-refractivity contribution < 1.29 is 62.3 Å². The van der Waals surface area contributed by atoms with Gasteiger partial charge in [0.2, 0.25) is 29.5 Å². The van der Waals surface area contributed by atoms with Crippen LogP contribution >= 0.6 is 7.82 Å². The van der Waals surface area contributed by atoms with Gasteiger partial charge in [-0.15, -0.1) is 0 Å². The van der Waals surface area contributed by atoms with Gasteiger partial charge in [-0.25, -0.2) is 4.57 Å². The monoisotopic (exact) mass is 962 g/mol. The molecule has 1 aromatic carbocycles. The molecule has 1 unspecified atom stereocenters. The van der Waals surface area contributed by atoms with E-state index in [1.165, 1.54) is 17.4 Å². The van der Waals surface area contributed by atoms with Crippen LogP contribution in [0, 0.1) is 23.7 Å². The molecule has 1 aromatic rings. The zero-order chi connectivity index (χ0) is 49.7. The van der Waals surface area contributed by atoms with Gasteiger partial charge < -0.3 is 41.5 Å². The van der Waals surface area contributed by atoms with E-state index in [-0.39, 0.29) is 43.3 Å². The first-order chi connectivity index (χ1) is 31.7. The highest BCUT2D eigenvalue weighted by Gasteiger charge is 2.39. The zero-order valence-electron chi connectivity index (χ0n) is 39.8. The van der Waals surface area contributed by atoms with Crippen LogP contribution in [0.25, 0.3) is 0 Å². The number of carbonyl (C=O) groups excluding carboxylic acids is 8. The summed E-state index contributed by atoms with van der Waals surface area (Å²) in [5.41, 5.74) is 6.89. The first-order valence-corrected chi connectivity index (χ1v) is 25.7. The van der Waals surface area contributed by atoms with Gasteiger partial charge in [-0.05, 0) is 76.2 Å². The van der Waals surface area contributed by atoms with E-state index >= 15 is 0 Å². The Balaban J connectivity index is 1.94. The van der Waals surface area contributed by atoms with Gasteiger partial charge in [-0.1, -0.05) is 89.1 Å². The van der Waals surface area contributed by atoms with E-state index < -0.39 is 110 Å². The lowest BCUT2D eigenvalue weighted by atomic mass is 9.81. The average molecular weight is 962 g/mol. The van der Waals surface area contributed by atoms with Crippen LogP contribution in [-0.4, -0.2) is 110 Å². The Hall–Kier alpha value is -4.35. The molecule has 2 heterocycles. The number of unbranched alkanes of at least 4 members (excludes halogenated alkanes) is 5. The van der Waals surface area contributed by atoms with E-state index in [0.29, 0.717) is 51.5 Å². The minimum atomic E-state index is -5.20. The largest absolute Gasteiger partial charge is 0.469 e. The summed E-state index contributed by atoms with van der Waals surface area (Å²) < 4.78 is 16.6. The molecular formula is C48H76N5O13P. The van der Waals surface area contributed by atoms with Crippen molar-refractivity contribution >= 4 is 54.7 Å². The maximum absolute atomic E-state index is 14.4. The number of aryl methyl sites for hydroxylation is 1. The van der Waals surface area contributed by atoms with Gasteiger partial charge in [0.1, 0.15) is 23.9 Å². The summed E-state index contributed by atoms with van der Waals surface area (Å²) in [7, 11) is -5.20. The number of carbonyl (C=O) groups is 8. The molecule has 3 rings (SSSR count). The molecule has 18 nitrogen and oxygen atoms in total. The van der Waals surface area contributed by atoms with E-state index in [1.54, 1.807) is 0 Å². The number of amides is 5. The van der Waals surface area contributed by atoms with Crippen molar-refractivity contribution in [2.45, 2.75) is 180 Å². The predicted molar refractivity (Wildman–Crippen MR) is 249 cm³/mol. The third kappa shape index (κ3) is 20.4. The number of nitrogens with two attached hydrogens (primary N) is 1. The molecule has 8 atom stereocenters. The number of phosphoric acid groups is 1. The van der Waals surface area contributed by atoms with Crippen LogP contribution in [0.1, 0.15) is 149 Å². The molecule has 0 bridgehead atoms. The van der Waals surface area contributed by atoms with Gasteiger partial charge in [-0.2, -0.15) is 0 Å². The van der Waals surface area contributed by atoms with E-state index in [2.05, 4.69) is 28.1 Å². The zero-order valence-corrected chi connectivity index (χ0v) is 40.7. The first-order valence-electron chi connectivity index (χ1n) is 24.1. The molecule has 0 aliphatic carbocycles. The molecule has 2 saturated heterocycles. The Bertz CT molecular complexity index is 1860. The second kappa shape index (κ2) is 28.9. The maximum Gasteiger partial charge on any atom is 0.469 e. The van der Waals surface area contributed by atoms with E-state index in [1.807, 2.05) is 32.0 Å². The number of rotatable bonds is 21. The predicted octanol–water partition coefficient (Wildman–Crippen LogP) is 4.14. The minimum absolute atomic E-state index is 0.0690. The highest BCUT2D eigenvalue weighted by atomic mass is 31.2. The van der Waals surface area contributed by atoms with Crippen LogP contribution in [-0.2, 0) is 53.9 Å². The highest BCUT2D eigenvalue weighted by molar-refractivity contribution is 7.46. The number of Topliss-reactive ketones (excluding diaryl/α,β-unsaturated/α-hetero) is 3. The first kappa shape index (κ1) is 57.0. The topological polar surface area (TPSA) is 289 Å². The fraction of sp³-hybridized carbons (Fsp3) is 0.708. The summed E-state index contributed by atoms with van der Waals surface area (Å²) in [5.74, 6) is -8.58. The van der Waals surface area contributed by atoms with Gasteiger partial charge in [-0.3, -0.25) is 42.9 Å². The molecule has 376 valence electrons. The van der Waals surface area contributed by atoms with Gasteiger partial charge in [0, 0.05) is 44.6 Å². The Morgan fingerprint density at radius 1 is 0.866 bits per heavy atom. The summed E-state index contributed by atoms with van der Waals surface area (Å²) in [6.45, 7) is 5.70. The Kier molecular flexibility index (Phi) is 24.5. The second-order valence-corrected chi connectivity index (χ2v) is 20.0. The molecule has 2 aliphatic rings. The van der Waals surface area contributed by atoms with E-state index in [0.717, 1.165) is 45.4 Å². The van der Waals surface area contributed by atoms with Crippen LogP contribution in [0.2, 0.25) is 0 Å². The second-order valence-electron chi connectivity index (χ2n) is 18.9. The number of primary amides is 1. The summed E-state index contributed by atoms with van der Waals surface area (Å²) in [6, 6.07) is 5.56. The van der Waals surface area contributed by atoms with Crippen molar-refractivity contribution in [3.63, 3.8) is 0 Å². The number of hydrogen-bond donors (Lipinski definition) is 7. The number of likely N-dealkylation sites (tertiary alicyclic amines) is 1. The lowest BCUT2D eigenvalue weighted by molar-refractivity contribution is -0.139. The van der Waals surface area contributed by atoms with Crippen molar-refractivity contribution in [1.82, 2.24) is 20.9 Å². The van der Waals surface area contributed by atoms with E-state index in [9.17, 15) is 57.8 Å². The lowest BCUT2D eigenvalue weighted by Crippen LogP contribution is -2.52. The van der Waals surface area contributed by atoms with Crippen molar-refractivity contribution in [3.05, 3.63) is 35.9 Å². The molecule has 0 aromatic heterocycles. The van der Waals surface area contributed by atoms with Crippen molar-refractivity contribution in [2.24, 2.45) is 29.4 Å². The molecule has 67 heavy (non-hydrogen) atoms. The number of aliphatic hydroxyl groups excluding tert-OH is 1. The van der Waals surface area contributed by atoms with Gasteiger partial charge in [0.25, 0.3) is 0 Å². The summed E-state index contributed by atoms with van der Waals surface area (Å²) in [6.07, 6.45) is 6.71. The number of aliphatic hydroxyl groups is 1. The Morgan fingerprint density at radius 3 is 2.16 bits per heavy atom. The van der Waals surface area contributed by atoms with Gasteiger partial charge in [0.15, 0.2) is 11.6 Å². The lowest BCUT2D eigenvalue weighted by Gasteiger charge is -2.29. The Morgan fingerprint density at radius 2 is 1.54 bits per heavy atom. The third-order valence-electron chi connectivity index (χ3n) is 12.9. The summed E-state index contributed by atoms with van der Waals surface area (Å²) in [4.78, 5) is 129. The van der Waals surface area contributed by atoms with Gasteiger partial charge >= 0.3 is 7.82 Å². The normalized spacial score (nSPS) is 24.0. The Labute approximate surface area is 395 Å². The molecule has 0 saturated carbocycles. The smallest absolute Gasteiger partial charge is 0.394 e. The van der Waals surface area contributed by atoms with Crippen molar-refractivity contribution in [1.29, 1.82) is 0 Å². The molecule has 2 aliphatic heterocycles. The average Bonchev–Trinajstić information content (AvgIpc) is 3.77. The summed E-state index contributed by atoms with van der Waals surface area (Å²) in [5, 5.41) is 18.3. The number of benzene rings is 1.